The van der Waals surface area contributed by atoms with Crippen molar-refractivity contribution < 1.29 is 23.0 Å². The molecule has 0 spiro atoms. The summed E-state index contributed by atoms with van der Waals surface area (Å²) in [5.74, 6) is -1.43. The van der Waals surface area contributed by atoms with Gasteiger partial charge >= 0.3 is 5.69 Å². The Bertz CT molecular complexity index is 1870. The molecule has 0 saturated carbocycles. The van der Waals surface area contributed by atoms with E-state index in [1.54, 1.807) is 15.3 Å². The molecule has 0 bridgehead atoms. The zero-order chi connectivity index (χ0) is 34.7. The first-order valence-corrected chi connectivity index (χ1v) is 17.6. The molecule has 3 aromatic carbocycles. The van der Waals surface area contributed by atoms with Crippen LogP contribution in [0.25, 0.3) is 5.69 Å². The molecule has 0 aliphatic carbocycles. The van der Waals surface area contributed by atoms with Gasteiger partial charge in [-0.25, -0.2) is 13.6 Å². The van der Waals surface area contributed by atoms with Crippen LogP contribution in [0.2, 0.25) is 0 Å². The summed E-state index contributed by atoms with van der Waals surface area (Å²) in [5, 5.41) is 0. The molecule has 262 valence electrons. The number of piperidine rings is 1. The lowest BCUT2D eigenvalue weighted by Gasteiger charge is -2.34. The van der Waals surface area contributed by atoms with Crippen molar-refractivity contribution in [3.8, 4) is 11.4 Å². The number of halogens is 2. The van der Waals surface area contributed by atoms with E-state index in [2.05, 4.69) is 48.0 Å². The van der Waals surface area contributed by atoms with Crippen molar-refractivity contribution in [1.29, 1.82) is 0 Å². The van der Waals surface area contributed by atoms with E-state index in [4.69, 9.17) is 14.2 Å². The first-order valence-electron chi connectivity index (χ1n) is 17.6. The van der Waals surface area contributed by atoms with Gasteiger partial charge in [0.15, 0.2) is 0 Å². The van der Waals surface area contributed by atoms with Crippen molar-refractivity contribution in [2.24, 2.45) is 10.9 Å². The second kappa shape index (κ2) is 14.7. The van der Waals surface area contributed by atoms with Gasteiger partial charge in [-0.2, -0.15) is 0 Å². The maximum Gasteiger partial charge on any atom is 0.332 e. The Labute approximate surface area is 291 Å². The first kappa shape index (κ1) is 33.9. The largest absolute Gasteiger partial charge is 0.491 e. The van der Waals surface area contributed by atoms with Crippen LogP contribution in [0.5, 0.6) is 5.75 Å². The van der Waals surface area contributed by atoms with E-state index in [1.165, 1.54) is 23.4 Å². The molecule has 1 aromatic heterocycles. The fraction of sp³-hybridized carbons (Fsp3) is 0.400. The lowest BCUT2D eigenvalue weighted by molar-refractivity contribution is -0.187. The van der Waals surface area contributed by atoms with Gasteiger partial charge < -0.3 is 19.1 Å². The Balaban J connectivity index is 0.893. The maximum atomic E-state index is 14.9. The summed E-state index contributed by atoms with van der Waals surface area (Å²) in [4.78, 5) is 19.7. The third kappa shape index (κ3) is 7.32. The number of imidazole rings is 1. The van der Waals surface area contributed by atoms with Crippen LogP contribution in [-0.2, 0) is 21.7 Å². The maximum absolute atomic E-state index is 14.9. The summed E-state index contributed by atoms with van der Waals surface area (Å²) in [5.41, 5.74) is 3.49. The lowest BCUT2D eigenvalue weighted by Crippen LogP contribution is -2.34. The van der Waals surface area contributed by atoms with E-state index >= 15 is 0 Å². The molecule has 50 heavy (non-hydrogen) atoms. The number of benzene rings is 3. The Morgan fingerprint density at radius 3 is 2.46 bits per heavy atom. The average molecular weight is 683 g/mol. The molecule has 4 atom stereocenters. The fourth-order valence-corrected chi connectivity index (χ4v) is 7.17. The van der Waals surface area contributed by atoms with E-state index < -0.39 is 23.5 Å². The first-order chi connectivity index (χ1) is 24.3. The fourth-order valence-electron chi connectivity index (χ4n) is 7.17. The molecular weight excluding hydrogens is 638 g/mol. The minimum Gasteiger partial charge on any atom is -0.491 e. The van der Waals surface area contributed by atoms with Crippen molar-refractivity contribution in [3.63, 3.8) is 0 Å². The smallest absolute Gasteiger partial charge is 0.332 e. The van der Waals surface area contributed by atoms with E-state index in [9.17, 15) is 13.6 Å². The Morgan fingerprint density at radius 2 is 1.76 bits per heavy atom. The molecule has 4 aromatic rings. The molecule has 3 aliphatic rings. The van der Waals surface area contributed by atoms with Crippen molar-refractivity contribution in [2.75, 3.05) is 31.2 Å². The van der Waals surface area contributed by atoms with Gasteiger partial charge in [0, 0.05) is 61.5 Å². The number of allylic oxidation sites excluding steroid dienone is 1. The zero-order valence-electron chi connectivity index (χ0n) is 28.6. The summed E-state index contributed by atoms with van der Waals surface area (Å²) in [6.07, 6.45) is 13.1. The van der Waals surface area contributed by atoms with Crippen LogP contribution in [0, 0.1) is 17.6 Å². The van der Waals surface area contributed by atoms with Crippen molar-refractivity contribution in [2.45, 2.75) is 69.9 Å². The number of aliphatic imine (C=N–C) groups is 1. The van der Waals surface area contributed by atoms with Gasteiger partial charge in [0.1, 0.15) is 30.1 Å². The highest BCUT2D eigenvalue weighted by molar-refractivity contribution is 5.74. The molecule has 2 fully saturated rings. The standard InChI is InChI=1S/C40H44F2N4O4/c1-3-28(2)45-21-22-46(39(45)47)34-11-9-33(10-12-34)44-19-16-30(17-20-44)23-29-6-13-35(14-7-29)48-26-36-27-49-40(50-36,25-32-5-4-18-43-32)37-15-8-31(41)24-38(37)42/h4-15,18,21-22,24,28,30,32,36H,3,16-17,19-20,23,25-27H2,1-2H3/t28?,32?,36-,40-/m1/s1. The lowest BCUT2D eigenvalue weighted by atomic mass is 9.90. The van der Waals surface area contributed by atoms with E-state index in [-0.39, 0.29) is 43.0 Å². The monoisotopic (exact) mass is 682 g/mol. The SMILES string of the molecule is CCC(C)n1ccn(-c2ccc(N3CCC(Cc4ccc(OC[C@@H]5CO[C@@](CC6C=CC=N6)(c6ccc(F)cc6F)O5)cc4)CC3)cc2)c1=O. The third-order valence-electron chi connectivity index (χ3n) is 10.2. The highest BCUT2D eigenvalue weighted by Crippen LogP contribution is 2.41. The summed E-state index contributed by atoms with van der Waals surface area (Å²) in [6, 6.07) is 19.9. The quantitative estimate of drug-likeness (QED) is 0.156. The van der Waals surface area contributed by atoms with E-state index in [0.717, 1.165) is 56.3 Å². The van der Waals surface area contributed by atoms with Crippen molar-refractivity contribution >= 4 is 11.9 Å². The van der Waals surface area contributed by atoms with Crippen molar-refractivity contribution in [3.05, 3.63) is 125 Å². The third-order valence-corrected chi connectivity index (χ3v) is 10.2. The zero-order valence-corrected chi connectivity index (χ0v) is 28.6. The molecule has 2 unspecified atom stereocenters. The van der Waals surface area contributed by atoms with Crippen molar-refractivity contribution in [1.82, 2.24) is 9.13 Å². The predicted octanol–water partition coefficient (Wildman–Crippen LogP) is 7.39. The van der Waals surface area contributed by atoms with Crippen LogP contribution in [-0.4, -0.2) is 53.8 Å². The molecule has 3 aliphatic heterocycles. The van der Waals surface area contributed by atoms with Crippen LogP contribution in [0.15, 0.2) is 101 Å². The molecule has 2 saturated heterocycles. The molecule has 0 N–H and O–H groups in total. The van der Waals surface area contributed by atoms with Gasteiger partial charge in [-0.15, -0.1) is 0 Å². The topological polar surface area (TPSA) is 70.2 Å². The van der Waals surface area contributed by atoms with Crippen LogP contribution in [0.1, 0.15) is 56.7 Å². The summed E-state index contributed by atoms with van der Waals surface area (Å²) in [7, 11) is 0. The molecule has 4 heterocycles. The summed E-state index contributed by atoms with van der Waals surface area (Å²) >= 11 is 0. The summed E-state index contributed by atoms with van der Waals surface area (Å²) in [6.45, 7) is 6.57. The minimum absolute atomic E-state index is 0.00358. The second-order valence-corrected chi connectivity index (χ2v) is 13.6. The van der Waals surface area contributed by atoms with Gasteiger partial charge in [0.2, 0.25) is 5.79 Å². The van der Waals surface area contributed by atoms with Gasteiger partial charge in [0.05, 0.1) is 18.3 Å². The molecule has 7 rings (SSSR count). The van der Waals surface area contributed by atoms with Crippen LogP contribution >= 0.6 is 0 Å². The van der Waals surface area contributed by atoms with Gasteiger partial charge in [-0.1, -0.05) is 25.1 Å². The van der Waals surface area contributed by atoms with E-state index in [1.807, 2.05) is 48.8 Å². The number of anilines is 1. The highest BCUT2D eigenvalue weighted by atomic mass is 19.1. The normalized spacial score (nSPS) is 22.8. The number of aromatic nitrogens is 2. The molecule has 10 heteroatoms. The molecular formula is C40H44F2N4O4. The Morgan fingerprint density at radius 1 is 1.00 bits per heavy atom. The minimum atomic E-state index is -1.38. The number of nitrogens with zero attached hydrogens (tertiary/aromatic N) is 4. The number of hydrogen-bond acceptors (Lipinski definition) is 6. The summed E-state index contributed by atoms with van der Waals surface area (Å²) < 4.78 is 50.6. The Kier molecular flexibility index (Phi) is 10.0. The molecule has 0 radical (unpaired) electrons. The highest BCUT2D eigenvalue weighted by Gasteiger charge is 2.46. The van der Waals surface area contributed by atoms with Crippen LogP contribution < -0.4 is 15.3 Å². The number of hydrogen-bond donors (Lipinski definition) is 0. The predicted molar refractivity (Wildman–Crippen MR) is 191 cm³/mol. The van der Waals surface area contributed by atoms with Gasteiger partial charge in [0.25, 0.3) is 0 Å². The van der Waals surface area contributed by atoms with Crippen LogP contribution in [0.4, 0.5) is 14.5 Å². The number of rotatable bonds is 12. The number of ether oxygens (including phenoxy) is 3. The van der Waals surface area contributed by atoms with Crippen LogP contribution in [0.3, 0.4) is 0 Å². The average Bonchev–Trinajstić information content (AvgIpc) is 3.89. The van der Waals surface area contributed by atoms with Gasteiger partial charge in [-0.05, 0) is 98.7 Å². The van der Waals surface area contributed by atoms with Gasteiger partial charge in [-0.3, -0.25) is 14.1 Å². The molecule has 0 amide bonds. The Hall–Kier alpha value is -4.54. The molecule has 8 nitrogen and oxygen atoms in total. The van der Waals surface area contributed by atoms with E-state index in [0.29, 0.717) is 5.92 Å². The second-order valence-electron chi connectivity index (χ2n) is 13.6.